The van der Waals surface area contributed by atoms with Gasteiger partial charge in [0, 0.05) is 19.5 Å². The van der Waals surface area contributed by atoms with E-state index >= 15 is 0 Å². The van der Waals surface area contributed by atoms with Crippen molar-refractivity contribution in [3.05, 3.63) is 71.9 Å². The number of hydrogen-bond acceptors (Lipinski definition) is 5. The van der Waals surface area contributed by atoms with Gasteiger partial charge in [0.1, 0.15) is 12.4 Å². The first-order valence-electron chi connectivity index (χ1n) is 11.5. The van der Waals surface area contributed by atoms with E-state index in [0.717, 1.165) is 34.3 Å². The maximum atomic E-state index is 12.8. The molecule has 1 aliphatic rings. The predicted molar refractivity (Wildman–Crippen MR) is 126 cm³/mol. The van der Waals surface area contributed by atoms with Gasteiger partial charge in [0.2, 0.25) is 0 Å². The summed E-state index contributed by atoms with van der Waals surface area (Å²) < 4.78 is 5.96. The molecule has 0 radical (unpaired) electrons. The lowest BCUT2D eigenvalue weighted by Gasteiger charge is -2.26. The fourth-order valence-electron chi connectivity index (χ4n) is 4.51. The minimum Gasteiger partial charge on any atom is -0.487 e. The second kappa shape index (κ2) is 10.6. The SMILES string of the molecule is CN(C)OC(=O)C(CC1CCCCC1)c1ccc(OCc2ccc3ccccc3n2)cc1. The van der Waals surface area contributed by atoms with Crippen molar-refractivity contribution in [2.45, 2.75) is 51.0 Å². The van der Waals surface area contributed by atoms with Gasteiger partial charge >= 0.3 is 5.97 Å². The summed E-state index contributed by atoms with van der Waals surface area (Å²) in [6.07, 6.45) is 7.07. The highest BCUT2D eigenvalue weighted by atomic mass is 16.7. The molecule has 4 rings (SSSR count). The Labute approximate surface area is 190 Å². The fraction of sp³-hybridized carbons (Fsp3) is 0.407. The van der Waals surface area contributed by atoms with Crippen LogP contribution >= 0.6 is 0 Å². The number of hydrogen-bond donors (Lipinski definition) is 0. The van der Waals surface area contributed by atoms with Crippen LogP contribution in [-0.2, 0) is 16.2 Å². The largest absolute Gasteiger partial charge is 0.487 e. The lowest BCUT2D eigenvalue weighted by molar-refractivity contribution is -0.180. The monoisotopic (exact) mass is 432 g/mol. The van der Waals surface area contributed by atoms with Crippen LogP contribution in [0.3, 0.4) is 0 Å². The van der Waals surface area contributed by atoms with Gasteiger partial charge in [-0.2, -0.15) is 0 Å². The van der Waals surface area contributed by atoms with Crippen LogP contribution < -0.4 is 4.74 Å². The van der Waals surface area contributed by atoms with Crippen LogP contribution in [0.2, 0.25) is 0 Å². The summed E-state index contributed by atoms with van der Waals surface area (Å²) in [5, 5.41) is 2.60. The van der Waals surface area contributed by atoms with Crippen molar-refractivity contribution in [1.29, 1.82) is 0 Å². The van der Waals surface area contributed by atoms with Crippen LogP contribution in [0, 0.1) is 5.92 Å². The van der Waals surface area contributed by atoms with Gasteiger partial charge in [-0.05, 0) is 42.2 Å². The van der Waals surface area contributed by atoms with Crippen molar-refractivity contribution in [2.24, 2.45) is 5.92 Å². The van der Waals surface area contributed by atoms with Crippen molar-refractivity contribution in [2.75, 3.05) is 14.1 Å². The maximum Gasteiger partial charge on any atom is 0.332 e. The zero-order valence-electron chi connectivity index (χ0n) is 19.0. The Morgan fingerprint density at radius 1 is 1.00 bits per heavy atom. The number of nitrogens with zero attached hydrogens (tertiary/aromatic N) is 2. The van der Waals surface area contributed by atoms with E-state index in [-0.39, 0.29) is 11.9 Å². The van der Waals surface area contributed by atoms with Gasteiger partial charge in [-0.25, -0.2) is 9.78 Å². The molecule has 0 bridgehead atoms. The molecular weight excluding hydrogens is 400 g/mol. The number of carbonyl (C=O) groups is 1. The van der Waals surface area contributed by atoms with Crippen LogP contribution in [0.5, 0.6) is 5.75 Å². The van der Waals surface area contributed by atoms with Crippen LogP contribution in [0.15, 0.2) is 60.7 Å². The number of rotatable bonds is 8. The smallest absolute Gasteiger partial charge is 0.332 e. The van der Waals surface area contributed by atoms with E-state index in [1.165, 1.54) is 37.2 Å². The van der Waals surface area contributed by atoms with Crippen molar-refractivity contribution in [1.82, 2.24) is 10.0 Å². The first kappa shape index (κ1) is 22.3. The zero-order valence-corrected chi connectivity index (χ0v) is 19.0. The Bertz CT molecular complexity index is 1030. The van der Waals surface area contributed by atoms with Crippen LogP contribution in [0.1, 0.15) is 55.7 Å². The average Bonchev–Trinajstić information content (AvgIpc) is 2.82. The summed E-state index contributed by atoms with van der Waals surface area (Å²) in [7, 11) is 3.49. The van der Waals surface area contributed by atoms with E-state index < -0.39 is 0 Å². The first-order valence-corrected chi connectivity index (χ1v) is 11.5. The minimum atomic E-state index is -0.253. The number of hydroxylamine groups is 2. The number of carbonyl (C=O) groups excluding carboxylic acids is 1. The van der Waals surface area contributed by atoms with Gasteiger partial charge in [-0.15, -0.1) is 5.06 Å². The molecule has 1 aliphatic carbocycles. The van der Waals surface area contributed by atoms with Crippen LogP contribution in [0.4, 0.5) is 0 Å². The number of aromatic nitrogens is 1. The van der Waals surface area contributed by atoms with Crippen molar-refractivity contribution >= 4 is 16.9 Å². The molecule has 2 aromatic carbocycles. The highest BCUT2D eigenvalue weighted by Crippen LogP contribution is 2.34. The van der Waals surface area contributed by atoms with Gasteiger partial charge in [-0.1, -0.05) is 68.5 Å². The van der Waals surface area contributed by atoms with E-state index in [2.05, 4.69) is 17.1 Å². The maximum absolute atomic E-state index is 12.8. The molecule has 0 saturated heterocycles. The van der Waals surface area contributed by atoms with Crippen molar-refractivity contribution in [3.63, 3.8) is 0 Å². The number of para-hydroxylation sites is 1. The number of fused-ring (bicyclic) bond motifs is 1. The molecule has 168 valence electrons. The van der Waals surface area contributed by atoms with Gasteiger partial charge in [0.15, 0.2) is 0 Å². The molecule has 1 fully saturated rings. The summed E-state index contributed by atoms with van der Waals surface area (Å²) in [6.45, 7) is 0.401. The summed E-state index contributed by atoms with van der Waals surface area (Å²) in [4.78, 5) is 22.9. The Balaban J connectivity index is 1.43. The molecule has 5 nitrogen and oxygen atoms in total. The molecule has 1 unspecified atom stereocenters. The first-order chi connectivity index (χ1) is 15.6. The van der Waals surface area contributed by atoms with Crippen LogP contribution in [0.25, 0.3) is 10.9 Å². The molecule has 1 aromatic heterocycles. The molecule has 0 aliphatic heterocycles. The predicted octanol–water partition coefficient (Wildman–Crippen LogP) is 5.89. The molecule has 5 heteroatoms. The second-order valence-electron chi connectivity index (χ2n) is 8.87. The van der Waals surface area contributed by atoms with Crippen molar-refractivity contribution in [3.8, 4) is 5.75 Å². The molecule has 0 N–H and O–H groups in total. The average molecular weight is 433 g/mol. The standard InChI is InChI=1S/C27H32N2O3/c1-29(2)32-27(30)25(18-20-8-4-3-5-9-20)21-13-16-24(17-14-21)31-19-23-15-12-22-10-6-7-11-26(22)28-23/h6-7,10-17,20,25H,3-5,8-9,18-19H2,1-2H3. The lowest BCUT2D eigenvalue weighted by atomic mass is 9.80. The molecule has 32 heavy (non-hydrogen) atoms. The lowest BCUT2D eigenvalue weighted by Crippen LogP contribution is -2.26. The number of ether oxygens (including phenoxy) is 1. The van der Waals surface area contributed by atoms with E-state index in [4.69, 9.17) is 9.57 Å². The zero-order chi connectivity index (χ0) is 22.3. The summed E-state index contributed by atoms with van der Waals surface area (Å²) >= 11 is 0. The van der Waals surface area contributed by atoms with Crippen LogP contribution in [-0.4, -0.2) is 30.1 Å². The second-order valence-corrected chi connectivity index (χ2v) is 8.87. The van der Waals surface area contributed by atoms with Gasteiger partial charge in [0.05, 0.1) is 17.1 Å². The van der Waals surface area contributed by atoms with E-state index in [1.807, 2.05) is 48.5 Å². The van der Waals surface area contributed by atoms with Gasteiger partial charge in [0.25, 0.3) is 0 Å². The highest BCUT2D eigenvalue weighted by molar-refractivity contribution is 5.78. The molecular formula is C27H32N2O3. The topological polar surface area (TPSA) is 51.7 Å². The normalized spacial score (nSPS) is 15.6. The molecule has 0 amide bonds. The Morgan fingerprint density at radius 3 is 2.50 bits per heavy atom. The quantitative estimate of drug-likeness (QED) is 0.416. The highest BCUT2D eigenvalue weighted by Gasteiger charge is 2.28. The summed E-state index contributed by atoms with van der Waals surface area (Å²) in [5.41, 5.74) is 2.84. The van der Waals surface area contributed by atoms with E-state index in [9.17, 15) is 4.79 Å². The third-order valence-electron chi connectivity index (χ3n) is 6.18. The number of benzene rings is 2. The Morgan fingerprint density at radius 2 is 1.75 bits per heavy atom. The Hall–Kier alpha value is -2.92. The molecule has 1 saturated carbocycles. The van der Waals surface area contributed by atoms with Gasteiger partial charge < -0.3 is 9.57 Å². The molecule has 0 spiro atoms. The van der Waals surface area contributed by atoms with Crippen molar-refractivity contribution < 1.29 is 14.4 Å². The van der Waals surface area contributed by atoms with E-state index in [0.29, 0.717) is 12.5 Å². The fourth-order valence-corrected chi connectivity index (χ4v) is 4.51. The molecule has 1 atom stereocenters. The summed E-state index contributed by atoms with van der Waals surface area (Å²) in [5.74, 6) is 0.908. The number of pyridine rings is 1. The summed E-state index contributed by atoms with van der Waals surface area (Å²) in [6, 6.07) is 20.0. The third kappa shape index (κ3) is 5.86. The Kier molecular flexibility index (Phi) is 7.38. The third-order valence-corrected chi connectivity index (χ3v) is 6.18. The van der Waals surface area contributed by atoms with Gasteiger partial charge in [-0.3, -0.25) is 0 Å². The molecule has 1 heterocycles. The molecule has 3 aromatic rings. The minimum absolute atomic E-state index is 0.186. The van der Waals surface area contributed by atoms with E-state index in [1.54, 1.807) is 14.1 Å².